The number of carbonyl (C=O) groups is 2. The van der Waals surface area contributed by atoms with Gasteiger partial charge in [0.1, 0.15) is 5.76 Å². The SMILES string of the molecule is O=C1C(=O)N(CCCn2ccnc2)C(c2ccccc2)/C1=C(/O)c1ccc(Br)cc1. The molecule has 30 heavy (non-hydrogen) atoms. The number of ketones is 1. The van der Waals surface area contributed by atoms with E-state index in [-0.39, 0.29) is 11.3 Å². The third kappa shape index (κ3) is 3.93. The number of likely N-dealkylation sites (tertiary alicyclic amines) is 1. The molecule has 1 aliphatic heterocycles. The summed E-state index contributed by atoms with van der Waals surface area (Å²) in [4.78, 5) is 31.4. The zero-order chi connectivity index (χ0) is 21.1. The molecule has 2 heterocycles. The quantitative estimate of drug-likeness (QED) is 0.337. The van der Waals surface area contributed by atoms with Gasteiger partial charge in [0, 0.05) is 35.5 Å². The highest BCUT2D eigenvalue weighted by atomic mass is 79.9. The first-order chi connectivity index (χ1) is 14.6. The van der Waals surface area contributed by atoms with Gasteiger partial charge < -0.3 is 14.6 Å². The molecule has 1 aromatic heterocycles. The van der Waals surface area contributed by atoms with Crippen molar-refractivity contribution in [3.8, 4) is 0 Å². The molecular formula is C23H20BrN3O3. The highest BCUT2D eigenvalue weighted by molar-refractivity contribution is 9.10. The topological polar surface area (TPSA) is 75.4 Å². The van der Waals surface area contributed by atoms with E-state index in [1.165, 1.54) is 0 Å². The highest BCUT2D eigenvalue weighted by Gasteiger charge is 2.45. The summed E-state index contributed by atoms with van der Waals surface area (Å²) in [5.41, 5.74) is 1.41. The van der Waals surface area contributed by atoms with Crippen molar-refractivity contribution in [2.45, 2.75) is 19.0 Å². The molecule has 2 aromatic carbocycles. The summed E-state index contributed by atoms with van der Waals surface area (Å²) in [5, 5.41) is 11.0. The average molecular weight is 466 g/mol. The molecule has 1 fully saturated rings. The van der Waals surface area contributed by atoms with E-state index in [0.29, 0.717) is 25.1 Å². The normalized spacial score (nSPS) is 18.2. The number of rotatable bonds is 6. The maximum Gasteiger partial charge on any atom is 0.295 e. The van der Waals surface area contributed by atoms with E-state index in [4.69, 9.17) is 0 Å². The molecule has 3 aromatic rings. The molecule has 1 saturated heterocycles. The fraction of sp³-hybridized carbons (Fsp3) is 0.174. The van der Waals surface area contributed by atoms with Crippen LogP contribution in [0.2, 0.25) is 0 Å². The Morgan fingerprint density at radius 3 is 2.43 bits per heavy atom. The maximum atomic E-state index is 12.9. The average Bonchev–Trinajstić information content (AvgIpc) is 3.37. The molecule has 4 rings (SSSR count). The Balaban J connectivity index is 1.71. The van der Waals surface area contributed by atoms with Crippen molar-refractivity contribution in [3.05, 3.63) is 94.5 Å². The number of hydrogen-bond donors (Lipinski definition) is 1. The number of hydrogen-bond acceptors (Lipinski definition) is 4. The summed E-state index contributed by atoms with van der Waals surface area (Å²) in [6.07, 6.45) is 5.94. The Morgan fingerprint density at radius 1 is 1.03 bits per heavy atom. The van der Waals surface area contributed by atoms with Gasteiger partial charge in [-0.15, -0.1) is 0 Å². The van der Waals surface area contributed by atoms with Crippen LogP contribution in [0.4, 0.5) is 0 Å². The first-order valence-electron chi connectivity index (χ1n) is 9.61. The Morgan fingerprint density at radius 2 is 1.77 bits per heavy atom. The fourth-order valence-corrected chi connectivity index (χ4v) is 3.96. The summed E-state index contributed by atoms with van der Waals surface area (Å²) in [6.45, 7) is 1.07. The Labute approximate surface area is 182 Å². The molecule has 1 unspecified atom stereocenters. The number of aliphatic hydroxyl groups excluding tert-OH is 1. The highest BCUT2D eigenvalue weighted by Crippen LogP contribution is 2.39. The lowest BCUT2D eigenvalue weighted by Crippen LogP contribution is -2.31. The number of aliphatic hydroxyl groups is 1. The molecule has 1 N–H and O–H groups in total. The standard InChI is InChI=1S/C23H20BrN3O3/c24-18-9-7-17(8-10-18)21(28)19-20(16-5-2-1-3-6-16)27(23(30)22(19)29)13-4-12-26-14-11-25-15-26/h1-3,5-11,14-15,20,28H,4,12-13H2/b21-19-. The van der Waals surface area contributed by atoms with E-state index in [2.05, 4.69) is 20.9 Å². The van der Waals surface area contributed by atoms with Gasteiger partial charge in [0.15, 0.2) is 0 Å². The minimum Gasteiger partial charge on any atom is -0.507 e. The van der Waals surface area contributed by atoms with Gasteiger partial charge in [-0.2, -0.15) is 0 Å². The molecule has 0 saturated carbocycles. The predicted molar refractivity (Wildman–Crippen MR) is 116 cm³/mol. The molecule has 152 valence electrons. The largest absolute Gasteiger partial charge is 0.507 e. The minimum absolute atomic E-state index is 0.121. The van der Waals surface area contributed by atoms with Gasteiger partial charge >= 0.3 is 0 Å². The van der Waals surface area contributed by atoms with Crippen molar-refractivity contribution in [1.82, 2.24) is 14.5 Å². The Hall–Kier alpha value is -3.19. The second-order valence-electron chi connectivity index (χ2n) is 7.06. The molecule has 0 spiro atoms. The molecule has 6 nitrogen and oxygen atoms in total. The molecular weight excluding hydrogens is 446 g/mol. The number of aryl methyl sites for hydroxylation is 1. The number of Topliss-reactive ketones (excluding diaryl/α,β-unsaturated/α-hetero) is 1. The zero-order valence-electron chi connectivity index (χ0n) is 16.1. The fourth-order valence-electron chi connectivity index (χ4n) is 3.70. The lowest BCUT2D eigenvalue weighted by atomic mass is 9.95. The summed E-state index contributed by atoms with van der Waals surface area (Å²) in [7, 11) is 0. The summed E-state index contributed by atoms with van der Waals surface area (Å²) < 4.78 is 2.79. The molecule has 1 atom stereocenters. The van der Waals surface area contributed by atoms with Crippen LogP contribution in [0.15, 0.2) is 83.4 Å². The third-order valence-corrected chi connectivity index (χ3v) is 5.68. The van der Waals surface area contributed by atoms with Gasteiger partial charge in [0.25, 0.3) is 11.7 Å². The predicted octanol–water partition coefficient (Wildman–Crippen LogP) is 4.16. The number of benzene rings is 2. The van der Waals surface area contributed by atoms with Crippen molar-refractivity contribution >= 4 is 33.4 Å². The maximum absolute atomic E-state index is 12.9. The van der Waals surface area contributed by atoms with Crippen LogP contribution in [0.3, 0.4) is 0 Å². The minimum atomic E-state index is -0.660. The van der Waals surface area contributed by atoms with Crippen LogP contribution < -0.4 is 0 Å². The van der Waals surface area contributed by atoms with Crippen molar-refractivity contribution in [3.63, 3.8) is 0 Å². The van der Waals surface area contributed by atoms with E-state index in [1.54, 1.807) is 41.7 Å². The number of halogens is 1. The molecule has 0 radical (unpaired) electrons. The molecule has 1 aliphatic rings. The van der Waals surface area contributed by atoms with Crippen LogP contribution in [0, 0.1) is 0 Å². The first kappa shape index (κ1) is 20.1. The number of aromatic nitrogens is 2. The molecule has 0 aliphatic carbocycles. The van der Waals surface area contributed by atoms with Gasteiger partial charge in [-0.1, -0.05) is 58.4 Å². The monoisotopic (exact) mass is 465 g/mol. The van der Waals surface area contributed by atoms with E-state index in [9.17, 15) is 14.7 Å². The van der Waals surface area contributed by atoms with Crippen LogP contribution in [0.5, 0.6) is 0 Å². The molecule has 1 amide bonds. The molecule has 0 bridgehead atoms. The van der Waals surface area contributed by atoms with E-state index in [1.807, 2.05) is 41.1 Å². The number of nitrogens with zero attached hydrogens (tertiary/aromatic N) is 3. The lowest BCUT2D eigenvalue weighted by Gasteiger charge is -2.25. The van der Waals surface area contributed by atoms with Gasteiger partial charge in [0.05, 0.1) is 17.9 Å². The van der Waals surface area contributed by atoms with Gasteiger partial charge in [-0.25, -0.2) is 4.98 Å². The summed E-state index contributed by atoms with van der Waals surface area (Å²) in [6, 6.07) is 15.7. The second-order valence-corrected chi connectivity index (χ2v) is 7.98. The van der Waals surface area contributed by atoms with Gasteiger partial charge in [0.2, 0.25) is 0 Å². The van der Waals surface area contributed by atoms with Crippen molar-refractivity contribution in [2.75, 3.05) is 6.54 Å². The van der Waals surface area contributed by atoms with Gasteiger partial charge in [-0.3, -0.25) is 9.59 Å². The number of imidazole rings is 1. The van der Waals surface area contributed by atoms with Crippen molar-refractivity contribution in [1.29, 1.82) is 0 Å². The number of amides is 1. The Kier molecular flexibility index (Phi) is 5.81. The van der Waals surface area contributed by atoms with Gasteiger partial charge in [-0.05, 0) is 24.1 Å². The summed E-state index contributed by atoms with van der Waals surface area (Å²) in [5.74, 6) is -1.41. The van der Waals surface area contributed by atoms with E-state index < -0.39 is 17.7 Å². The number of carbonyl (C=O) groups excluding carboxylic acids is 2. The van der Waals surface area contributed by atoms with Crippen molar-refractivity contribution in [2.24, 2.45) is 0 Å². The lowest BCUT2D eigenvalue weighted by molar-refractivity contribution is -0.139. The van der Waals surface area contributed by atoms with Crippen LogP contribution in [-0.4, -0.2) is 37.8 Å². The van der Waals surface area contributed by atoms with Crippen molar-refractivity contribution < 1.29 is 14.7 Å². The Bertz CT molecular complexity index is 1080. The van der Waals surface area contributed by atoms with Crippen LogP contribution in [-0.2, 0) is 16.1 Å². The molecule has 7 heteroatoms. The van der Waals surface area contributed by atoms with E-state index in [0.717, 1.165) is 10.0 Å². The summed E-state index contributed by atoms with van der Waals surface area (Å²) >= 11 is 3.37. The van der Waals surface area contributed by atoms with Crippen LogP contribution in [0.1, 0.15) is 23.6 Å². The van der Waals surface area contributed by atoms with E-state index >= 15 is 0 Å². The first-order valence-corrected chi connectivity index (χ1v) is 10.4. The van der Waals surface area contributed by atoms with Crippen LogP contribution in [0.25, 0.3) is 5.76 Å². The smallest absolute Gasteiger partial charge is 0.295 e. The second kappa shape index (κ2) is 8.67. The van der Waals surface area contributed by atoms with Crippen LogP contribution >= 0.6 is 15.9 Å². The zero-order valence-corrected chi connectivity index (χ0v) is 17.7. The third-order valence-electron chi connectivity index (χ3n) is 5.15.